The minimum absolute atomic E-state index is 0.296. The second-order valence-electron chi connectivity index (χ2n) is 4.46. The van der Waals surface area contributed by atoms with Crippen LogP contribution < -0.4 is 4.90 Å². The second-order valence-corrected chi connectivity index (χ2v) is 5.19. The smallest absolute Gasteiger partial charge is 0.204 e. The third-order valence-corrected chi connectivity index (χ3v) is 3.75. The molecule has 1 aromatic rings. The van der Waals surface area contributed by atoms with Crippen LogP contribution in [-0.2, 0) is 6.54 Å². The Morgan fingerprint density at radius 1 is 1.56 bits per heavy atom. The summed E-state index contributed by atoms with van der Waals surface area (Å²) in [6.07, 6.45) is 1.08. The predicted octanol–water partition coefficient (Wildman–Crippen LogP) is 0.418. The quantitative estimate of drug-likeness (QED) is 0.829. The summed E-state index contributed by atoms with van der Waals surface area (Å²) in [5.74, 6) is 1.33. The Morgan fingerprint density at radius 2 is 2.38 bits per heavy atom. The SMILES string of the molecule is CN(C)c1nc(CN2CCC(CO)C2)ns1. The summed E-state index contributed by atoms with van der Waals surface area (Å²) >= 11 is 1.44. The van der Waals surface area contributed by atoms with Crippen molar-refractivity contribution >= 4 is 16.7 Å². The van der Waals surface area contributed by atoms with E-state index in [0.29, 0.717) is 12.5 Å². The molecule has 1 aromatic heterocycles. The zero-order valence-electron chi connectivity index (χ0n) is 9.76. The number of likely N-dealkylation sites (tertiary alicyclic amines) is 1. The summed E-state index contributed by atoms with van der Waals surface area (Å²) < 4.78 is 4.34. The first-order valence-corrected chi connectivity index (χ1v) is 6.29. The minimum Gasteiger partial charge on any atom is -0.396 e. The molecular weight excluding hydrogens is 224 g/mol. The van der Waals surface area contributed by atoms with Crippen molar-refractivity contribution in [2.75, 3.05) is 38.7 Å². The molecule has 0 radical (unpaired) electrons. The Morgan fingerprint density at radius 3 is 2.94 bits per heavy atom. The molecule has 1 fully saturated rings. The summed E-state index contributed by atoms with van der Waals surface area (Å²) in [6, 6.07) is 0. The standard InChI is InChI=1S/C10H18N4OS/c1-13(2)10-11-9(12-16-10)6-14-4-3-8(5-14)7-15/h8,15H,3-7H2,1-2H3. The van der Waals surface area contributed by atoms with E-state index in [0.717, 1.165) is 37.0 Å². The fourth-order valence-electron chi connectivity index (χ4n) is 1.90. The van der Waals surface area contributed by atoms with E-state index in [1.807, 2.05) is 19.0 Å². The van der Waals surface area contributed by atoms with Crippen LogP contribution in [-0.4, -0.2) is 53.2 Å². The van der Waals surface area contributed by atoms with Gasteiger partial charge in [0.15, 0.2) is 5.82 Å². The van der Waals surface area contributed by atoms with E-state index in [1.54, 1.807) is 0 Å². The maximum Gasteiger partial charge on any atom is 0.204 e. The van der Waals surface area contributed by atoms with Crippen molar-refractivity contribution in [3.63, 3.8) is 0 Å². The first-order valence-electron chi connectivity index (χ1n) is 5.52. The molecule has 0 spiro atoms. The molecule has 90 valence electrons. The lowest BCUT2D eigenvalue weighted by atomic mass is 10.1. The Balaban J connectivity index is 1.89. The normalized spacial score (nSPS) is 21.6. The molecule has 1 aliphatic heterocycles. The topological polar surface area (TPSA) is 52.5 Å². The Bertz CT molecular complexity index is 341. The predicted molar refractivity (Wildman–Crippen MR) is 64.7 cm³/mol. The van der Waals surface area contributed by atoms with E-state index < -0.39 is 0 Å². The van der Waals surface area contributed by atoms with E-state index in [9.17, 15) is 0 Å². The molecule has 0 saturated carbocycles. The molecule has 1 unspecified atom stereocenters. The first kappa shape index (κ1) is 11.8. The van der Waals surface area contributed by atoms with Gasteiger partial charge in [-0.1, -0.05) is 0 Å². The van der Waals surface area contributed by atoms with E-state index in [2.05, 4.69) is 14.3 Å². The Labute approximate surface area is 99.9 Å². The van der Waals surface area contributed by atoms with Gasteiger partial charge < -0.3 is 10.0 Å². The van der Waals surface area contributed by atoms with Crippen LogP contribution in [0, 0.1) is 5.92 Å². The number of rotatable bonds is 4. The number of nitrogens with zero attached hydrogens (tertiary/aromatic N) is 4. The van der Waals surface area contributed by atoms with Crippen molar-refractivity contribution in [2.24, 2.45) is 5.92 Å². The van der Waals surface area contributed by atoms with E-state index in [1.165, 1.54) is 11.5 Å². The number of aliphatic hydroxyl groups excluding tert-OH is 1. The lowest BCUT2D eigenvalue weighted by molar-refractivity contribution is 0.219. The molecule has 5 nitrogen and oxygen atoms in total. The van der Waals surface area contributed by atoms with Crippen molar-refractivity contribution < 1.29 is 5.11 Å². The van der Waals surface area contributed by atoms with Crippen LogP contribution in [0.3, 0.4) is 0 Å². The van der Waals surface area contributed by atoms with Gasteiger partial charge in [0.2, 0.25) is 5.13 Å². The number of aliphatic hydroxyl groups is 1. The molecule has 1 aliphatic rings. The van der Waals surface area contributed by atoms with Gasteiger partial charge in [-0.15, -0.1) is 0 Å². The van der Waals surface area contributed by atoms with Gasteiger partial charge >= 0.3 is 0 Å². The lowest BCUT2D eigenvalue weighted by Crippen LogP contribution is -2.21. The van der Waals surface area contributed by atoms with Crippen LogP contribution >= 0.6 is 11.5 Å². The average Bonchev–Trinajstić information content (AvgIpc) is 2.87. The Hall–Kier alpha value is -0.720. The molecular formula is C10H18N4OS. The van der Waals surface area contributed by atoms with Crippen molar-refractivity contribution in [3.05, 3.63) is 5.82 Å². The van der Waals surface area contributed by atoms with Gasteiger partial charge in [0.25, 0.3) is 0 Å². The molecule has 0 aliphatic carbocycles. The number of hydrogen-bond acceptors (Lipinski definition) is 6. The van der Waals surface area contributed by atoms with E-state index >= 15 is 0 Å². The van der Waals surface area contributed by atoms with Gasteiger partial charge in [0, 0.05) is 38.8 Å². The summed E-state index contributed by atoms with van der Waals surface area (Å²) in [7, 11) is 3.95. The van der Waals surface area contributed by atoms with Gasteiger partial charge in [-0.3, -0.25) is 4.90 Å². The van der Waals surface area contributed by atoms with Crippen molar-refractivity contribution in [2.45, 2.75) is 13.0 Å². The average molecular weight is 242 g/mol. The Kier molecular flexibility index (Phi) is 3.73. The van der Waals surface area contributed by atoms with Crippen LogP contribution in [0.1, 0.15) is 12.2 Å². The van der Waals surface area contributed by atoms with Crippen molar-refractivity contribution in [1.82, 2.24) is 14.3 Å². The molecule has 1 atom stereocenters. The lowest BCUT2D eigenvalue weighted by Gasteiger charge is -2.12. The van der Waals surface area contributed by atoms with Gasteiger partial charge in [0.1, 0.15) is 0 Å². The summed E-state index contributed by atoms with van der Waals surface area (Å²) in [6.45, 7) is 3.11. The molecule has 1 saturated heterocycles. The largest absolute Gasteiger partial charge is 0.396 e. The highest BCUT2D eigenvalue weighted by Crippen LogP contribution is 2.19. The molecule has 2 rings (SSSR count). The van der Waals surface area contributed by atoms with Gasteiger partial charge in [0.05, 0.1) is 6.54 Å². The highest BCUT2D eigenvalue weighted by Gasteiger charge is 2.22. The zero-order chi connectivity index (χ0) is 11.5. The zero-order valence-corrected chi connectivity index (χ0v) is 10.6. The monoisotopic (exact) mass is 242 g/mol. The van der Waals surface area contributed by atoms with E-state index in [-0.39, 0.29) is 0 Å². The van der Waals surface area contributed by atoms with E-state index in [4.69, 9.17) is 5.11 Å². The third kappa shape index (κ3) is 2.69. The van der Waals surface area contributed by atoms with Crippen LogP contribution in [0.5, 0.6) is 0 Å². The van der Waals surface area contributed by atoms with Crippen molar-refractivity contribution in [1.29, 1.82) is 0 Å². The van der Waals surface area contributed by atoms with Crippen LogP contribution in [0.2, 0.25) is 0 Å². The second kappa shape index (κ2) is 5.07. The number of anilines is 1. The molecule has 1 N–H and O–H groups in total. The molecule has 16 heavy (non-hydrogen) atoms. The highest BCUT2D eigenvalue weighted by molar-refractivity contribution is 7.09. The molecule has 6 heteroatoms. The molecule has 0 amide bonds. The maximum absolute atomic E-state index is 9.06. The first-order chi connectivity index (χ1) is 7.69. The number of hydrogen-bond donors (Lipinski definition) is 1. The minimum atomic E-state index is 0.296. The van der Waals surface area contributed by atoms with Crippen LogP contribution in [0.25, 0.3) is 0 Å². The summed E-state index contributed by atoms with van der Waals surface area (Å²) in [5.41, 5.74) is 0. The van der Waals surface area contributed by atoms with Gasteiger partial charge in [-0.25, -0.2) is 4.98 Å². The maximum atomic E-state index is 9.06. The fraction of sp³-hybridized carbons (Fsp3) is 0.800. The number of aromatic nitrogens is 2. The van der Waals surface area contributed by atoms with Gasteiger partial charge in [-0.2, -0.15) is 4.37 Å². The molecule has 2 heterocycles. The highest BCUT2D eigenvalue weighted by atomic mass is 32.1. The fourth-order valence-corrected chi connectivity index (χ4v) is 2.49. The summed E-state index contributed by atoms with van der Waals surface area (Å²) in [4.78, 5) is 8.74. The van der Waals surface area contributed by atoms with Gasteiger partial charge in [-0.05, 0) is 18.9 Å². The molecule has 0 aromatic carbocycles. The summed E-state index contributed by atoms with van der Waals surface area (Å²) in [5, 5.41) is 10.0. The molecule has 0 bridgehead atoms. The third-order valence-electron chi connectivity index (χ3n) is 2.83. The van der Waals surface area contributed by atoms with Crippen molar-refractivity contribution in [3.8, 4) is 0 Å². The van der Waals surface area contributed by atoms with Crippen LogP contribution in [0.15, 0.2) is 0 Å². The van der Waals surface area contributed by atoms with Crippen LogP contribution in [0.4, 0.5) is 5.13 Å².